The van der Waals surface area contributed by atoms with Crippen LogP contribution < -0.4 is 0 Å². The van der Waals surface area contributed by atoms with Crippen LogP contribution in [-0.4, -0.2) is 22.5 Å². The van der Waals surface area contributed by atoms with E-state index in [4.69, 9.17) is 4.74 Å². The van der Waals surface area contributed by atoms with Crippen LogP contribution >= 0.6 is 0 Å². The summed E-state index contributed by atoms with van der Waals surface area (Å²) in [6.07, 6.45) is 11.5. The van der Waals surface area contributed by atoms with Crippen molar-refractivity contribution in [1.29, 1.82) is 0 Å². The Morgan fingerprint density at radius 1 is 0.920 bits per heavy atom. The van der Waals surface area contributed by atoms with Gasteiger partial charge >= 0.3 is 5.97 Å². The number of esters is 1. The highest BCUT2D eigenvalue weighted by molar-refractivity contribution is 5.89. The Kier molecular flexibility index (Phi) is 8.10. The second kappa shape index (κ2) is 10.6. The maximum Gasteiger partial charge on any atom is 0.338 e. The van der Waals surface area contributed by atoms with Crippen LogP contribution in [0.15, 0.2) is 36.7 Å². The molecule has 25 heavy (non-hydrogen) atoms. The summed E-state index contributed by atoms with van der Waals surface area (Å²) in [6.45, 7) is 4.82. The van der Waals surface area contributed by atoms with Crippen molar-refractivity contribution in [3.8, 4) is 11.4 Å². The number of aromatic nitrogens is 2. The Bertz CT molecular complexity index is 636. The lowest BCUT2D eigenvalue weighted by Crippen LogP contribution is -2.06. The van der Waals surface area contributed by atoms with Crippen molar-refractivity contribution in [1.82, 2.24) is 9.97 Å². The highest BCUT2D eigenvalue weighted by Crippen LogP contribution is 2.16. The lowest BCUT2D eigenvalue weighted by atomic mass is 10.1. The fourth-order valence-electron chi connectivity index (χ4n) is 2.63. The third-order valence-electron chi connectivity index (χ3n) is 4.10. The maximum atomic E-state index is 12.0. The molecule has 0 atom stereocenters. The molecule has 0 aliphatic carbocycles. The first kappa shape index (κ1) is 19.1. The number of nitrogens with zero attached hydrogens (tertiary/aromatic N) is 2. The molecule has 0 amide bonds. The molecule has 4 nitrogen and oxygen atoms in total. The first-order valence-corrected chi connectivity index (χ1v) is 9.33. The molecule has 1 aromatic heterocycles. The summed E-state index contributed by atoms with van der Waals surface area (Å²) in [5, 5.41) is 0. The van der Waals surface area contributed by atoms with Gasteiger partial charge < -0.3 is 4.74 Å². The molecule has 0 N–H and O–H groups in total. The molecule has 0 bridgehead atoms. The summed E-state index contributed by atoms with van der Waals surface area (Å²) in [5.41, 5.74) is 2.62. The number of benzene rings is 1. The predicted octanol–water partition coefficient (Wildman–Crippen LogP) is 5.22. The molecule has 1 heterocycles. The Morgan fingerprint density at radius 2 is 1.60 bits per heavy atom. The molecule has 4 heteroatoms. The number of unbranched alkanes of at least 4 members (excludes halogenated alkanes) is 4. The zero-order chi connectivity index (χ0) is 17.9. The summed E-state index contributed by atoms with van der Waals surface area (Å²) >= 11 is 0. The molecule has 0 radical (unpaired) electrons. The molecular weight excluding hydrogens is 312 g/mol. The van der Waals surface area contributed by atoms with E-state index >= 15 is 0 Å². The lowest BCUT2D eigenvalue weighted by molar-refractivity contribution is 0.0497. The van der Waals surface area contributed by atoms with E-state index in [2.05, 4.69) is 23.8 Å². The largest absolute Gasteiger partial charge is 0.462 e. The molecule has 0 fully saturated rings. The minimum absolute atomic E-state index is 0.263. The van der Waals surface area contributed by atoms with E-state index in [1.165, 1.54) is 19.3 Å². The molecule has 2 rings (SSSR count). The number of carbonyl (C=O) groups is 1. The van der Waals surface area contributed by atoms with Gasteiger partial charge in [-0.1, -0.05) is 58.1 Å². The van der Waals surface area contributed by atoms with E-state index in [0.29, 0.717) is 18.0 Å². The molecule has 0 saturated heterocycles. The van der Waals surface area contributed by atoms with Crippen LogP contribution in [0.3, 0.4) is 0 Å². The fraction of sp³-hybridized carbons (Fsp3) is 0.476. The Hall–Kier alpha value is -2.23. The third-order valence-corrected chi connectivity index (χ3v) is 4.10. The van der Waals surface area contributed by atoms with Gasteiger partial charge in [-0.2, -0.15) is 0 Å². The van der Waals surface area contributed by atoms with Gasteiger partial charge in [-0.25, -0.2) is 14.8 Å². The standard InChI is InChI=1S/C21H28N2O2/c1-3-5-6-7-8-14-25-21(24)19-12-10-18(11-13-19)20-22-15-17(9-4-2)16-23-20/h10-13,15-16H,3-9,14H2,1-2H3. The zero-order valence-electron chi connectivity index (χ0n) is 15.3. The van der Waals surface area contributed by atoms with Crippen molar-refractivity contribution in [2.75, 3.05) is 6.61 Å². The van der Waals surface area contributed by atoms with Crippen LogP contribution in [0, 0.1) is 0 Å². The molecule has 0 saturated carbocycles. The Morgan fingerprint density at radius 3 is 2.24 bits per heavy atom. The van der Waals surface area contributed by atoms with E-state index in [1.54, 1.807) is 12.1 Å². The van der Waals surface area contributed by atoms with Crippen molar-refractivity contribution in [3.63, 3.8) is 0 Å². The molecule has 0 aliphatic heterocycles. The monoisotopic (exact) mass is 340 g/mol. The van der Waals surface area contributed by atoms with Crippen LogP contribution in [0.25, 0.3) is 11.4 Å². The summed E-state index contributed by atoms with van der Waals surface area (Å²) in [5.74, 6) is 0.414. The maximum absolute atomic E-state index is 12.0. The van der Waals surface area contributed by atoms with Crippen molar-refractivity contribution >= 4 is 5.97 Å². The first-order chi connectivity index (χ1) is 12.2. The van der Waals surface area contributed by atoms with E-state index in [1.807, 2.05) is 24.5 Å². The average molecular weight is 340 g/mol. The van der Waals surface area contributed by atoms with Gasteiger partial charge in [0.05, 0.1) is 12.2 Å². The van der Waals surface area contributed by atoms with Crippen molar-refractivity contribution in [3.05, 3.63) is 47.8 Å². The van der Waals surface area contributed by atoms with Gasteiger partial charge in [0, 0.05) is 18.0 Å². The first-order valence-electron chi connectivity index (χ1n) is 9.33. The van der Waals surface area contributed by atoms with Crippen molar-refractivity contribution in [2.24, 2.45) is 0 Å². The molecular formula is C21H28N2O2. The molecule has 1 aromatic carbocycles. The van der Waals surface area contributed by atoms with E-state index in [-0.39, 0.29) is 5.97 Å². The smallest absolute Gasteiger partial charge is 0.338 e. The summed E-state index contributed by atoms with van der Waals surface area (Å²) in [4.78, 5) is 20.8. The minimum atomic E-state index is -0.263. The fourth-order valence-corrected chi connectivity index (χ4v) is 2.63. The lowest BCUT2D eigenvalue weighted by Gasteiger charge is -2.06. The SMILES string of the molecule is CCCCCCCOC(=O)c1ccc(-c2ncc(CCC)cn2)cc1. The number of carbonyl (C=O) groups excluding carboxylic acids is 1. The van der Waals surface area contributed by atoms with Crippen LogP contribution in [0.2, 0.25) is 0 Å². The van der Waals surface area contributed by atoms with Gasteiger partial charge in [-0.15, -0.1) is 0 Å². The van der Waals surface area contributed by atoms with Crippen LogP contribution in [0.1, 0.15) is 68.3 Å². The third kappa shape index (κ3) is 6.29. The Balaban J connectivity index is 1.85. The summed E-state index contributed by atoms with van der Waals surface area (Å²) in [6, 6.07) is 7.29. The number of hydrogen-bond acceptors (Lipinski definition) is 4. The normalized spacial score (nSPS) is 10.6. The highest BCUT2D eigenvalue weighted by atomic mass is 16.5. The topological polar surface area (TPSA) is 52.1 Å². The Labute approximate surface area is 150 Å². The van der Waals surface area contributed by atoms with Crippen LogP contribution in [0.5, 0.6) is 0 Å². The van der Waals surface area contributed by atoms with Gasteiger partial charge in [0.1, 0.15) is 0 Å². The van der Waals surface area contributed by atoms with Crippen molar-refractivity contribution < 1.29 is 9.53 Å². The molecule has 0 aliphatic rings. The summed E-state index contributed by atoms with van der Waals surface area (Å²) in [7, 11) is 0. The average Bonchev–Trinajstić information content (AvgIpc) is 2.65. The van der Waals surface area contributed by atoms with E-state index in [0.717, 1.165) is 36.8 Å². The molecule has 0 unspecified atom stereocenters. The molecule has 0 spiro atoms. The van der Waals surface area contributed by atoms with E-state index < -0.39 is 0 Å². The second-order valence-corrected chi connectivity index (χ2v) is 6.29. The molecule has 134 valence electrons. The number of ether oxygens (including phenoxy) is 1. The summed E-state index contributed by atoms with van der Waals surface area (Å²) < 4.78 is 5.33. The quantitative estimate of drug-likeness (QED) is 0.439. The second-order valence-electron chi connectivity index (χ2n) is 6.29. The highest BCUT2D eigenvalue weighted by Gasteiger charge is 2.08. The van der Waals surface area contributed by atoms with Gasteiger partial charge in [-0.05, 0) is 30.5 Å². The van der Waals surface area contributed by atoms with Crippen LogP contribution in [0.4, 0.5) is 0 Å². The number of rotatable bonds is 10. The molecule has 2 aromatic rings. The predicted molar refractivity (Wildman–Crippen MR) is 101 cm³/mol. The van der Waals surface area contributed by atoms with Gasteiger partial charge in [0.15, 0.2) is 5.82 Å². The number of aryl methyl sites for hydroxylation is 1. The van der Waals surface area contributed by atoms with Gasteiger partial charge in [0.25, 0.3) is 0 Å². The number of hydrogen-bond donors (Lipinski definition) is 0. The van der Waals surface area contributed by atoms with Gasteiger partial charge in [0.2, 0.25) is 0 Å². The minimum Gasteiger partial charge on any atom is -0.462 e. The van der Waals surface area contributed by atoms with Crippen LogP contribution in [-0.2, 0) is 11.2 Å². The van der Waals surface area contributed by atoms with E-state index in [9.17, 15) is 4.79 Å². The van der Waals surface area contributed by atoms with Crippen molar-refractivity contribution in [2.45, 2.75) is 58.8 Å². The van der Waals surface area contributed by atoms with Gasteiger partial charge in [-0.3, -0.25) is 0 Å². The zero-order valence-corrected chi connectivity index (χ0v) is 15.3.